The molecule has 1 saturated heterocycles. The average molecular weight is 247 g/mol. The Kier molecular flexibility index (Phi) is 4.33. The Hall–Kier alpha value is -1.39. The summed E-state index contributed by atoms with van der Waals surface area (Å²) in [5.74, 6) is 0.0238. The first-order chi connectivity index (χ1) is 8.65. The average Bonchev–Trinajstić information content (AvgIpc) is 2.76. The smallest absolute Gasteiger partial charge is 0.241 e. The molecule has 0 bridgehead atoms. The zero-order valence-electron chi connectivity index (χ0n) is 11.0. The molecule has 4 heteroatoms. The number of nitrogens with one attached hydrogen (secondary N) is 2. The second kappa shape index (κ2) is 5.98. The zero-order valence-corrected chi connectivity index (χ0v) is 11.0. The molecule has 1 fully saturated rings. The lowest BCUT2D eigenvalue weighted by atomic mass is 10.2. The van der Waals surface area contributed by atoms with Gasteiger partial charge in [0.05, 0.1) is 6.04 Å². The van der Waals surface area contributed by atoms with Crippen molar-refractivity contribution in [1.29, 1.82) is 0 Å². The minimum atomic E-state index is -0.165. The van der Waals surface area contributed by atoms with Gasteiger partial charge in [0.2, 0.25) is 5.91 Å². The number of nitrogens with zero attached hydrogens (tertiary/aromatic N) is 1. The number of hydrogen-bond acceptors (Lipinski definition) is 3. The van der Waals surface area contributed by atoms with Crippen LogP contribution in [0.5, 0.6) is 0 Å². The largest absolute Gasteiger partial charge is 0.325 e. The van der Waals surface area contributed by atoms with Crippen LogP contribution in [0.25, 0.3) is 0 Å². The molecule has 1 aromatic carbocycles. The predicted molar refractivity (Wildman–Crippen MR) is 73.6 cm³/mol. The highest BCUT2D eigenvalue weighted by Crippen LogP contribution is 2.09. The molecule has 18 heavy (non-hydrogen) atoms. The summed E-state index contributed by atoms with van der Waals surface area (Å²) in [6.45, 7) is 4.03. The van der Waals surface area contributed by atoms with Gasteiger partial charge >= 0.3 is 0 Å². The number of rotatable bonds is 4. The summed E-state index contributed by atoms with van der Waals surface area (Å²) in [6, 6.07) is 9.82. The Morgan fingerprint density at radius 3 is 2.72 bits per heavy atom. The van der Waals surface area contributed by atoms with E-state index in [4.69, 9.17) is 0 Å². The maximum absolute atomic E-state index is 12.0. The SMILES string of the molecule is CC(NC1CCN(C)C1)C(=O)Nc1ccccc1. The van der Waals surface area contributed by atoms with Crippen LogP contribution in [0.15, 0.2) is 30.3 Å². The molecule has 1 aromatic rings. The van der Waals surface area contributed by atoms with Crippen molar-refractivity contribution in [3.63, 3.8) is 0 Å². The van der Waals surface area contributed by atoms with Crippen molar-refractivity contribution in [3.8, 4) is 0 Å². The number of hydrogen-bond donors (Lipinski definition) is 2. The molecule has 2 rings (SSSR count). The summed E-state index contributed by atoms with van der Waals surface area (Å²) in [5.41, 5.74) is 0.847. The summed E-state index contributed by atoms with van der Waals surface area (Å²) in [5, 5.41) is 6.29. The minimum Gasteiger partial charge on any atom is -0.325 e. The van der Waals surface area contributed by atoms with Gasteiger partial charge in [-0.05, 0) is 39.1 Å². The Labute approximate surface area is 108 Å². The molecule has 1 heterocycles. The Morgan fingerprint density at radius 1 is 1.39 bits per heavy atom. The van der Waals surface area contributed by atoms with E-state index in [9.17, 15) is 4.79 Å². The molecule has 0 radical (unpaired) electrons. The van der Waals surface area contributed by atoms with Crippen LogP contribution in [-0.2, 0) is 4.79 Å². The van der Waals surface area contributed by atoms with E-state index in [1.807, 2.05) is 37.3 Å². The van der Waals surface area contributed by atoms with E-state index < -0.39 is 0 Å². The fourth-order valence-corrected chi connectivity index (χ4v) is 2.27. The van der Waals surface area contributed by atoms with Gasteiger partial charge in [-0.2, -0.15) is 0 Å². The quantitative estimate of drug-likeness (QED) is 0.843. The first-order valence-corrected chi connectivity index (χ1v) is 6.45. The van der Waals surface area contributed by atoms with Gasteiger partial charge in [-0.1, -0.05) is 18.2 Å². The number of carbonyl (C=O) groups excluding carboxylic acids is 1. The number of amides is 1. The highest BCUT2D eigenvalue weighted by molar-refractivity contribution is 5.94. The molecular weight excluding hydrogens is 226 g/mol. The highest BCUT2D eigenvalue weighted by Gasteiger charge is 2.23. The molecule has 1 aliphatic heterocycles. The lowest BCUT2D eigenvalue weighted by Crippen LogP contribution is -2.44. The first-order valence-electron chi connectivity index (χ1n) is 6.45. The molecule has 0 saturated carbocycles. The van der Waals surface area contributed by atoms with Crippen LogP contribution < -0.4 is 10.6 Å². The first kappa shape index (κ1) is 13.1. The van der Waals surface area contributed by atoms with Crippen LogP contribution in [0.3, 0.4) is 0 Å². The number of anilines is 1. The van der Waals surface area contributed by atoms with Crippen molar-refractivity contribution in [3.05, 3.63) is 30.3 Å². The van der Waals surface area contributed by atoms with Crippen molar-refractivity contribution < 1.29 is 4.79 Å². The monoisotopic (exact) mass is 247 g/mol. The number of carbonyl (C=O) groups is 1. The molecule has 0 spiro atoms. The molecule has 1 aliphatic rings. The van der Waals surface area contributed by atoms with E-state index in [1.54, 1.807) is 0 Å². The molecule has 2 atom stereocenters. The van der Waals surface area contributed by atoms with Crippen LogP contribution in [0.4, 0.5) is 5.69 Å². The van der Waals surface area contributed by atoms with Crippen LogP contribution in [0, 0.1) is 0 Å². The van der Waals surface area contributed by atoms with Gasteiger partial charge in [-0.15, -0.1) is 0 Å². The fraction of sp³-hybridized carbons (Fsp3) is 0.500. The van der Waals surface area contributed by atoms with Gasteiger partial charge in [-0.3, -0.25) is 4.79 Å². The molecule has 0 aromatic heterocycles. The topological polar surface area (TPSA) is 44.4 Å². The van der Waals surface area contributed by atoms with Gasteiger partial charge in [0.15, 0.2) is 0 Å². The number of para-hydroxylation sites is 1. The van der Waals surface area contributed by atoms with Gasteiger partial charge in [0.1, 0.15) is 0 Å². The Bertz CT molecular complexity index is 393. The van der Waals surface area contributed by atoms with Crippen molar-refractivity contribution >= 4 is 11.6 Å². The van der Waals surface area contributed by atoms with Crippen LogP contribution >= 0.6 is 0 Å². The number of likely N-dealkylation sites (N-methyl/N-ethyl adjacent to an activating group) is 1. The Balaban J connectivity index is 1.82. The third-order valence-electron chi connectivity index (χ3n) is 3.31. The second-order valence-electron chi connectivity index (χ2n) is 4.99. The summed E-state index contributed by atoms with van der Waals surface area (Å²) < 4.78 is 0. The van der Waals surface area contributed by atoms with E-state index in [0.717, 1.165) is 25.2 Å². The van der Waals surface area contributed by atoms with Crippen molar-refractivity contribution in [2.45, 2.75) is 25.4 Å². The summed E-state index contributed by atoms with van der Waals surface area (Å²) in [6.07, 6.45) is 1.11. The van der Waals surface area contributed by atoms with E-state index in [1.165, 1.54) is 0 Å². The molecule has 2 N–H and O–H groups in total. The van der Waals surface area contributed by atoms with Crippen LogP contribution in [0.2, 0.25) is 0 Å². The second-order valence-corrected chi connectivity index (χ2v) is 4.99. The lowest BCUT2D eigenvalue weighted by Gasteiger charge is -2.19. The predicted octanol–water partition coefficient (Wildman–Crippen LogP) is 1.31. The van der Waals surface area contributed by atoms with Crippen molar-refractivity contribution in [2.75, 3.05) is 25.5 Å². The van der Waals surface area contributed by atoms with E-state index in [0.29, 0.717) is 6.04 Å². The molecule has 98 valence electrons. The van der Waals surface area contributed by atoms with Crippen molar-refractivity contribution in [1.82, 2.24) is 10.2 Å². The minimum absolute atomic E-state index is 0.0238. The molecule has 2 unspecified atom stereocenters. The zero-order chi connectivity index (χ0) is 13.0. The number of likely N-dealkylation sites (tertiary alicyclic amines) is 1. The van der Waals surface area contributed by atoms with Gasteiger partial charge < -0.3 is 15.5 Å². The summed E-state index contributed by atoms with van der Waals surface area (Å²) in [7, 11) is 2.11. The third kappa shape index (κ3) is 3.55. The lowest BCUT2D eigenvalue weighted by molar-refractivity contribution is -0.117. The highest BCUT2D eigenvalue weighted by atomic mass is 16.2. The Morgan fingerprint density at radius 2 is 2.11 bits per heavy atom. The van der Waals surface area contributed by atoms with Crippen LogP contribution in [0.1, 0.15) is 13.3 Å². The normalized spacial score (nSPS) is 21.8. The van der Waals surface area contributed by atoms with Gasteiger partial charge in [0, 0.05) is 18.3 Å². The number of benzene rings is 1. The maximum Gasteiger partial charge on any atom is 0.241 e. The van der Waals surface area contributed by atoms with Gasteiger partial charge in [-0.25, -0.2) is 0 Å². The molecular formula is C14H21N3O. The van der Waals surface area contributed by atoms with E-state index >= 15 is 0 Å². The third-order valence-corrected chi connectivity index (χ3v) is 3.31. The fourth-order valence-electron chi connectivity index (χ4n) is 2.27. The van der Waals surface area contributed by atoms with Gasteiger partial charge in [0.25, 0.3) is 0 Å². The summed E-state index contributed by atoms with van der Waals surface area (Å²) in [4.78, 5) is 14.3. The molecule has 1 amide bonds. The molecule has 0 aliphatic carbocycles. The maximum atomic E-state index is 12.0. The molecule has 4 nitrogen and oxygen atoms in total. The van der Waals surface area contributed by atoms with E-state index in [-0.39, 0.29) is 11.9 Å². The van der Waals surface area contributed by atoms with Crippen LogP contribution in [-0.4, -0.2) is 43.0 Å². The summed E-state index contributed by atoms with van der Waals surface area (Å²) >= 11 is 0. The van der Waals surface area contributed by atoms with E-state index in [2.05, 4.69) is 22.6 Å². The standard InChI is InChI=1S/C14H21N3O/c1-11(15-13-8-9-17(2)10-13)14(18)16-12-6-4-3-5-7-12/h3-7,11,13,15H,8-10H2,1-2H3,(H,16,18). The van der Waals surface area contributed by atoms with Crippen molar-refractivity contribution in [2.24, 2.45) is 0 Å².